The molecule has 30 heavy (non-hydrogen) atoms. The molecular weight excluding hydrogens is 426 g/mol. The molecule has 2 aliphatic heterocycles. The average Bonchev–Trinajstić information content (AvgIpc) is 3.32. The highest BCUT2D eigenvalue weighted by molar-refractivity contribution is 8.15. The van der Waals surface area contributed by atoms with Crippen LogP contribution in [-0.2, 0) is 19.4 Å². The fraction of sp³-hybridized carbons (Fsp3) is 0.850. The van der Waals surface area contributed by atoms with Gasteiger partial charge in [0.05, 0.1) is 17.5 Å². The number of sulfone groups is 1. The second kappa shape index (κ2) is 8.00. The molecule has 0 spiro atoms. The monoisotopic (exact) mass is 457 g/mol. The molecule has 2 saturated carbocycles. The van der Waals surface area contributed by atoms with E-state index in [1.165, 1.54) is 31.0 Å². The molecule has 5 atom stereocenters. The van der Waals surface area contributed by atoms with Crippen LogP contribution in [0, 0.1) is 11.8 Å². The van der Waals surface area contributed by atoms with Crippen molar-refractivity contribution < 1.29 is 22.7 Å². The third kappa shape index (κ3) is 4.79. The minimum absolute atomic E-state index is 0.0411. The molecule has 2 saturated heterocycles. The van der Waals surface area contributed by atoms with E-state index in [0.29, 0.717) is 17.1 Å². The third-order valence-electron chi connectivity index (χ3n) is 6.39. The van der Waals surface area contributed by atoms with Crippen LogP contribution >= 0.6 is 11.8 Å². The number of ether oxygens (including phenoxy) is 1. The van der Waals surface area contributed by atoms with Crippen LogP contribution in [0.25, 0.3) is 0 Å². The van der Waals surface area contributed by atoms with Crippen molar-refractivity contribution in [2.45, 2.75) is 75.8 Å². The SMILES string of the molecule is CC(C)(C)OC(=O)NCCC(=O)N=C1S[C@@H]2CS(=O)(=O)C[C@H]2N1[C@@H]1C[C@@H]2CC[C@@H]1C2. The maximum absolute atomic E-state index is 12.5. The van der Waals surface area contributed by atoms with E-state index in [1.54, 1.807) is 20.8 Å². The molecule has 4 fully saturated rings. The zero-order valence-corrected chi connectivity index (χ0v) is 19.4. The molecule has 2 heterocycles. The molecule has 0 aromatic rings. The summed E-state index contributed by atoms with van der Waals surface area (Å²) in [5.74, 6) is 1.31. The number of hydrogen-bond acceptors (Lipinski definition) is 6. The molecule has 0 radical (unpaired) electrons. The van der Waals surface area contributed by atoms with Crippen LogP contribution in [0.15, 0.2) is 4.99 Å². The summed E-state index contributed by atoms with van der Waals surface area (Å²) in [5, 5.41) is 3.22. The van der Waals surface area contributed by atoms with E-state index < -0.39 is 21.5 Å². The molecule has 10 heteroatoms. The predicted octanol–water partition coefficient (Wildman–Crippen LogP) is 2.19. The summed E-state index contributed by atoms with van der Waals surface area (Å²) in [7, 11) is -3.04. The van der Waals surface area contributed by atoms with E-state index in [1.807, 2.05) is 0 Å². The summed E-state index contributed by atoms with van der Waals surface area (Å²) >= 11 is 1.45. The number of fused-ring (bicyclic) bond motifs is 3. The molecule has 2 amide bonds. The number of carbonyl (C=O) groups is 2. The van der Waals surface area contributed by atoms with E-state index in [9.17, 15) is 18.0 Å². The summed E-state index contributed by atoms with van der Waals surface area (Å²) in [6.07, 6.45) is 4.25. The first-order valence-corrected chi connectivity index (χ1v) is 13.4. The van der Waals surface area contributed by atoms with Crippen LogP contribution in [0.1, 0.15) is 52.9 Å². The summed E-state index contributed by atoms with van der Waals surface area (Å²) in [4.78, 5) is 30.8. The predicted molar refractivity (Wildman–Crippen MR) is 116 cm³/mol. The Morgan fingerprint density at radius 2 is 1.97 bits per heavy atom. The lowest BCUT2D eigenvalue weighted by atomic mass is 9.93. The topological polar surface area (TPSA) is 105 Å². The Morgan fingerprint density at radius 1 is 1.20 bits per heavy atom. The second-order valence-corrected chi connectivity index (χ2v) is 13.3. The molecule has 0 aromatic heterocycles. The number of nitrogens with one attached hydrogen (secondary N) is 1. The maximum atomic E-state index is 12.5. The molecule has 4 aliphatic rings. The van der Waals surface area contributed by atoms with E-state index in [0.717, 1.165) is 12.3 Å². The largest absolute Gasteiger partial charge is 0.444 e. The molecule has 0 unspecified atom stereocenters. The molecular formula is C20H31N3O5S2. The van der Waals surface area contributed by atoms with Gasteiger partial charge >= 0.3 is 6.09 Å². The van der Waals surface area contributed by atoms with Gasteiger partial charge in [-0.3, -0.25) is 4.79 Å². The number of rotatable bonds is 4. The first-order valence-electron chi connectivity index (χ1n) is 10.7. The number of nitrogens with zero attached hydrogens (tertiary/aromatic N) is 2. The Balaban J connectivity index is 1.41. The standard InChI is InChI=1S/C20H31N3O5S2/c1-20(2,3)28-19(25)21-7-6-17(24)22-18-23(14-9-12-4-5-13(14)8-12)15-10-30(26,27)11-16(15)29-18/h12-16H,4-11H2,1-3H3,(H,21,25)/t12-,13-,14-,15-,16-/m1/s1. The number of amides is 2. The van der Waals surface area contributed by atoms with Crippen molar-refractivity contribution in [3.05, 3.63) is 0 Å². The fourth-order valence-electron chi connectivity index (χ4n) is 5.28. The summed E-state index contributed by atoms with van der Waals surface area (Å²) in [6.45, 7) is 5.50. The molecule has 8 nitrogen and oxygen atoms in total. The average molecular weight is 458 g/mol. The smallest absolute Gasteiger partial charge is 0.407 e. The number of carbonyl (C=O) groups excluding carboxylic acids is 2. The fourth-order valence-corrected chi connectivity index (χ4v) is 9.27. The van der Waals surface area contributed by atoms with Gasteiger partial charge in [-0.25, -0.2) is 13.2 Å². The van der Waals surface area contributed by atoms with Crippen molar-refractivity contribution in [2.24, 2.45) is 16.8 Å². The van der Waals surface area contributed by atoms with Crippen molar-refractivity contribution >= 4 is 38.8 Å². The van der Waals surface area contributed by atoms with Crippen LogP contribution < -0.4 is 5.32 Å². The summed E-state index contributed by atoms with van der Waals surface area (Å²) in [6, 6.07) is 0.224. The van der Waals surface area contributed by atoms with Crippen LogP contribution in [0.3, 0.4) is 0 Å². The van der Waals surface area contributed by atoms with Gasteiger partial charge in [-0.2, -0.15) is 4.99 Å². The zero-order valence-electron chi connectivity index (χ0n) is 17.8. The number of alkyl carbamates (subject to hydrolysis) is 1. The summed E-state index contributed by atoms with van der Waals surface area (Å²) in [5.41, 5.74) is -0.589. The number of aliphatic imine (C=N–C) groups is 1. The third-order valence-corrected chi connectivity index (χ3v) is 9.62. The number of hydrogen-bond donors (Lipinski definition) is 1. The minimum atomic E-state index is -3.04. The van der Waals surface area contributed by atoms with Gasteiger partial charge in [-0.05, 0) is 51.9 Å². The van der Waals surface area contributed by atoms with Gasteiger partial charge in [0, 0.05) is 24.3 Å². The lowest BCUT2D eigenvalue weighted by Gasteiger charge is -2.36. The maximum Gasteiger partial charge on any atom is 0.407 e. The van der Waals surface area contributed by atoms with Gasteiger partial charge in [-0.15, -0.1) is 0 Å². The highest BCUT2D eigenvalue weighted by Gasteiger charge is 2.54. The summed E-state index contributed by atoms with van der Waals surface area (Å²) < 4.78 is 29.6. The molecule has 4 rings (SSSR count). The van der Waals surface area contributed by atoms with Gasteiger partial charge in [0.15, 0.2) is 15.0 Å². The lowest BCUT2D eigenvalue weighted by molar-refractivity contribution is -0.117. The first kappa shape index (κ1) is 21.9. The van der Waals surface area contributed by atoms with Crippen molar-refractivity contribution in [1.29, 1.82) is 0 Å². The zero-order chi connectivity index (χ0) is 21.7. The Kier molecular flexibility index (Phi) is 5.85. The van der Waals surface area contributed by atoms with E-state index in [-0.39, 0.29) is 41.7 Å². The lowest BCUT2D eigenvalue weighted by Crippen LogP contribution is -2.47. The van der Waals surface area contributed by atoms with E-state index >= 15 is 0 Å². The van der Waals surface area contributed by atoms with Crippen molar-refractivity contribution in [3.8, 4) is 0 Å². The van der Waals surface area contributed by atoms with Crippen LogP contribution in [0.2, 0.25) is 0 Å². The highest BCUT2D eigenvalue weighted by Crippen LogP contribution is 2.51. The Morgan fingerprint density at radius 3 is 2.60 bits per heavy atom. The number of amidine groups is 1. The van der Waals surface area contributed by atoms with Gasteiger partial charge in [0.25, 0.3) is 0 Å². The quantitative estimate of drug-likeness (QED) is 0.690. The Hall–Kier alpha value is -1.29. The van der Waals surface area contributed by atoms with E-state index in [4.69, 9.17) is 4.74 Å². The molecule has 1 N–H and O–H groups in total. The van der Waals surface area contributed by atoms with Gasteiger partial charge in [0.1, 0.15) is 5.60 Å². The van der Waals surface area contributed by atoms with Crippen molar-refractivity contribution in [3.63, 3.8) is 0 Å². The molecule has 2 bridgehead atoms. The minimum Gasteiger partial charge on any atom is -0.444 e. The van der Waals surface area contributed by atoms with E-state index in [2.05, 4.69) is 15.2 Å². The van der Waals surface area contributed by atoms with Crippen LogP contribution in [0.5, 0.6) is 0 Å². The Labute approximate surface area is 182 Å². The van der Waals surface area contributed by atoms with Crippen molar-refractivity contribution in [1.82, 2.24) is 10.2 Å². The molecule has 2 aliphatic carbocycles. The highest BCUT2D eigenvalue weighted by atomic mass is 32.2. The molecule has 168 valence electrons. The van der Waals surface area contributed by atoms with Gasteiger partial charge < -0.3 is 15.0 Å². The van der Waals surface area contributed by atoms with Crippen LogP contribution in [0.4, 0.5) is 4.79 Å². The normalized spacial score (nSPS) is 35.6. The van der Waals surface area contributed by atoms with Gasteiger partial charge in [-0.1, -0.05) is 18.2 Å². The second-order valence-electron chi connectivity index (χ2n) is 9.92. The van der Waals surface area contributed by atoms with Crippen LogP contribution in [-0.4, -0.2) is 71.5 Å². The first-order chi connectivity index (χ1) is 14.0. The van der Waals surface area contributed by atoms with Crippen molar-refractivity contribution in [2.75, 3.05) is 18.1 Å². The Bertz CT molecular complexity index is 851. The van der Waals surface area contributed by atoms with Gasteiger partial charge in [0.2, 0.25) is 5.91 Å². The molecule has 0 aromatic carbocycles. The number of thioether (sulfide) groups is 1.